The van der Waals surface area contributed by atoms with Crippen molar-refractivity contribution in [2.45, 2.75) is 10.1 Å². The maximum absolute atomic E-state index is 12.1. The SMILES string of the molecule is CNc1ccccc1S(=O)c1ncc[nH]1. The lowest BCUT2D eigenvalue weighted by Gasteiger charge is -2.06. The second-order valence-electron chi connectivity index (χ2n) is 2.91. The van der Waals surface area contributed by atoms with Crippen molar-refractivity contribution in [1.29, 1.82) is 0 Å². The Kier molecular flexibility index (Phi) is 2.82. The van der Waals surface area contributed by atoms with Crippen molar-refractivity contribution in [3.8, 4) is 0 Å². The Hall–Kier alpha value is -1.62. The molecule has 2 rings (SSSR count). The number of para-hydroxylation sites is 1. The summed E-state index contributed by atoms with van der Waals surface area (Å²) in [7, 11) is 0.547. The van der Waals surface area contributed by atoms with E-state index in [1.165, 1.54) is 0 Å². The van der Waals surface area contributed by atoms with Crippen molar-refractivity contribution in [3.05, 3.63) is 36.7 Å². The molecule has 4 nitrogen and oxygen atoms in total. The minimum Gasteiger partial charge on any atom is -0.387 e. The molecule has 0 saturated heterocycles. The predicted molar refractivity (Wildman–Crippen MR) is 59.3 cm³/mol. The molecular weight excluding hydrogens is 210 g/mol. The minimum atomic E-state index is -1.26. The van der Waals surface area contributed by atoms with Crippen LogP contribution in [-0.2, 0) is 10.8 Å². The largest absolute Gasteiger partial charge is 0.387 e. The van der Waals surface area contributed by atoms with Gasteiger partial charge in [-0.15, -0.1) is 0 Å². The Labute approximate surface area is 90.2 Å². The van der Waals surface area contributed by atoms with E-state index in [9.17, 15) is 4.21 Å². The zero-order valence-corrected chi connectivity index (χ0v) is 9.04. The van der Waals surface area contributed by atoms with E-state index in [-0.39, 0.29) is 0 Å². The molecule has 78 valence electrons. The van der Waals surface area contributed by atoms with Crippen molar-refractivity contribution >= 4 is 16.5 Å². The Bertz CT molecular complexity index is 467. The van der Waals surface area contributed by atoms with Crippen LogP contribution in [0.2, 0.25) is 0 Å². The third kappa shape index (κ3) is 1.92. The maximum atomic E-state index is 12.1. The first-order chi connectivity index (χ1) is 7.33. The second-order valence-corrected chi connectivity index (χ2v) is 4.27. The van der Waals surface area contributed by atoms with Gasteiger partial charge >= 0.3 is 0 Å². The molecule has 2 N–H and O–H groups in total. The van der Waals surface area contributed by atoms with Crippen molar-refractivity contribution in [3.63, 3.8) is 0 Å². The van der Waals surface area contributed by atoms with Gasteiger partial charge < -0.3 is 10.3 Å². The van der Waals surface area contributed by atoms with Crippen molar-refractivity contribution in [1.82, 2.24) is 9.97 Å². The quantitative estimate of drug-likeness (QED) is 0.828. The van der Waals surface area contributed by atoms with Gasteiger partial charge in [-0.3, -0.25) is 0 Å². The lowest BCUT2D eigenvalue weighted by atomic mass is 10.3. The Balaban J connectivity index is 2.42. The average molecular weight is 221 g/mol. The molecule has 1 atom stereocenters. The second kappa shape index (κ2) is 4.27. The monoisotopic (exact) mass is 221 g/mol. The normalized spacial score (nSPS) is 12.3. The van der Waals surface area contributed by atoms with E-state index in [0.717, 1.165) is 10.6 Å². The molecule has 0 spiro atoms. The first kappa shape index (κ1) is 9.92. The summed E-state index contributed by atoms with van der Waals surface area (Å²) >= 11 is 0. The number of nitrogens with one attached hydrogen (secondary N) is 2. The maximum Gasteiger partial charge on any atom is 0.201 e. The van der Waals surface area contributed by atoms with Gasteiger partial charge in [0.25, 0.3) is 0 Å². The van der Waals surface area contributed by atoms with Gasteiger partial charge in [-0.2, -0.15) is 0 Å². The van der Waals surface area contributed by atoms with Crippen LogP contribution in [0.15, 0.2) is 46.7 Å². The zero-order chi connectivity index (χ0) is 10.7. The molecule has 1 unspecified atom stereocenters. The molecule has 2 aromatic rings. The van der Waals surface area contributed by atoms with Gasteiger partial charge in [-0.1, -0.05) is 12.1 Å². The number of aromatic nitrogens is 2. The van der Waals surface area contributed by atoms with Gasteiger partial charge in [0, 0.05) is 19.4 Å². The number of anilines is 1. The molecule has 1 aromatic heterocycles. The molecule has 0 radical (unpaired) electrons. The van der Waals surface area contributed by atoms with Crippen LogP contribution >= 0.6 is 0 Å². The Morgan fingerprint density at radius 3 is 2.87 bits per heavy atom. The van der Waals surface area contributed by atoms with Crippen molar-refractivity contribution in [2.75, 3.05) is 12.4 Å². The Morgan fingerprint density at radius 2 is 2.20 bits per heavy atom. The zero-order valence-electron chi connectivity index (χ0n) is 8.23. The predicted octanol–water partition coefficient (Wildman–Crippen LogP) is 1.62. The number of hydrogen-bond donors (Lipinski definition) is 2. The van der Waals surface area contributed by atoms with Crippen LogP contribution in [0.4, 0.5) is 5.69 Å². The van der Waals surface area contributed by atoms with Crippen LogP contribution in [-0.4, -0.2) is 21.2 Å². The molecule has 0 amide bonds. The third-order valence-electron chi connectivity index (χ3n) is 2.00. The van der Waals surface area contributed by atoms with Crippen molar-refractivity contribution < 1.29 is 4.21 Å². The standard InChI is InChI=1S/C10H11N3OS/c1-11-8-4-2-3-5-9(8)15(14)10-12-6-7-13-10/h2-7,11H,1H3,(H,12,13). The first-order valence-corrected chi connectivity index (χ1v) is 5.66. The van der Waals surface area contributed by atoms with E-state index in [4.69, 9.17) is 0 Å². The summed E-state index contributed by atoms with van der Waals surface area (Å²) < 4.78 is 12.1. The van der Waals surface area contributed by atoms with E-state index in [1.807, 2.05) is 24.3 Å². The average Bonchev–Trinajstić information content (AvgIpc) is 2.81. The number of rotatable bonds is 3. The fourth-order valence-corrected chi connectivity index (χ4v) is 2.40. The number of imidazole rings is 1. The van der Waals surface area contributed by atoms with Crippen molar-refractivity contribution in [2.24, 2.45) is 0 Å². The topological polar surface area (TPSA) is 57.8 Å². The molecule has 15 heavy (non-hydrogen) atoms. The molecule has 0 aliphatic carbocycles. The van der Waals surface area contributed by atoms with Gasteiger partial charge in [0.05, 0.1) is 10.6 Å². The molecule has 0 saturated carbocycles. The highest BCUT2D eigenvalue weighted by Gasteiger charge is 2.12. The molecule has 1 heterocycles. The number of H-pyrrole nitrogens is 1. The molecule has 0 aliphatic heterocycles. The molecule has 1 aromatic carbocycles. The highest BCUT2D eigenvalue weighted by Crippen LogP contribution is 2.21. The summed E-state index contributed by atoms with van der Waals surface area (Å²) in [4.78, 5) is 7.56. The summed E-state index contributed by atoms with van der Waals surface area (Å²) in [5, 5.41) is 3.47. The van der Waals surface area contributed by atoms with Crippen LogP contribution in [0.1, 0.15) is 0 Å². The highest BCUT2D eigenvalue weighted by atomic mass is 32.2. The van der Waals surface area contributed by atoms with E-state index in [2.05, 4.69) is 15.3 Å². The molecule has 0 fully saturated rings. The molecule has 0 aliphatic rings. The lowest BCUT2D eigenvalue weighted by molar-refractivity contribution is 0.677. The summed E-state index contributed by atoms with van der Waals surface area (Å²) in [6.07, 6.45) is 3.25. The molecular formula is C10H11N3OS. The van der Waals surface area contributed by atoms with Gasteiger partial charge in [-0.25, -0.2) is 9.19 Å². The summed E-state index contributed by atoms with van der Waals surface area (Å²) in [6, 6.07) is 7.46. The lowest BCUT2D eigenvalue weighted by Crippen LogP contribution is -2.00. The number of hydrogen-bond acceptors (Lipinski definition) is 3. The van der Waals surface area contributed by atoms with Crippen LogP contribution in [0.3, 0.4) is 0 Å². The number of nitrogens with zero attached hydrogens (tertiary/aromatic N) is 1. The fourth-order valence-electron chi connectivity index (χ4n) is 1.29. The minimum absolute atomic E-state index is 0.470. The van der Waals surface area contributed by atoms with E-state index in [1.54, 1.807) is 19.4 Å². The van der Waals surface area contributed by atoms with Crippen LogP contribution < -0.4 is 5.32 Å². The van der Waals surface area contributed by atoms with Crippen LogP contribution in [0, 0.1) is 0 Å². The van der Waals surface area contributed by atoms with E-state index >= 15 is 0 Å². The Morgan fingerprint density at radius 1 is 1.40 bits per heavy atom. The summed E-state index contributed by atoms with van der Waals surface area (Å²) in [6.45, 7) is 0. The van der Waals surface area contributed by atoms with Crippen LogP contribution in [0.25, 0.3) is 0 Å². The smallest absolute Gasteiger partial charge is 0.201 e. The number of benzene rings is 1. The van der Waals surface area contributed by atoms with E-state index in [0.29, 0.717) is 5.16 Å². The van der Waals surface area contributed by atoms with E-state index < -0.39 is 10.8 Å². The third-order valence-corrected chi connectivity index (χ3v) is 3.33. The summed E-state index contributed by atoms with van der Waals surface area (Å²) in [5.41, 5.74) is 0.854. The van der Waals surface area contributed by atoms with Gasteiger partial charge in [0.1, 0.15) is 10.8 Å². The fraction of sp³-hybridized carbons (Fsp3) is 0.100. The number of aromatic amines is 1. The summed E-state index contributed by atoms with van der Waals surface area (Å²) in [5.74, 6) is 0. The highest BCUT2D eigenvalue weighted by molar-refractivity contribution is 7.85. The van der Waals surface area contributed by atoms with Gasteiger partial charge in [0.15, 0.2) is 0 Å². The van der Waals surface area contributed by atoms with Gasteiger partial charge in [-0.05, 0) is 12.1 Å². The molecule has 0 bridgehead atoms. The first-order valence-electron chi connectivity index (χ1n) is 4.51. The molecule has 5 heteroatoms. The van der Waals surface area contributed by atoms with Crippen LogP contribution in [0.5, 0.6) is 0 Å². The van der Waals surface area contributed by atoms with Gasteiger partial charge in [0.2, 0.25) is 5.16 Å².